The molecule has 0 amide bonds. The Bertz CT molecular complexity index is 1230. The second-order valence-electron chi connectivity index (χ2n) is 8.32. The molecule has 0 unspecified atom stereocenters. The molecule has 1 aliphatic rings. The highest BCUT2D eigenvalue weighted by Gasteiger charge is 2.24. The Labute approximate surface area is 190 Å². The van der Waals surface area contributed by atoms with E-state index in [1.807, 2.05) is 11.9 Å². The number of hydrogen-bond donors (Lipinski definition) is 0. The predicted molar refractivity (Wildman–Crippen MR) is 119 cm³/mol. The van der Waals surface area contributed by atoms with E-state index >= 15 is 0 Å². The van der Waals surface area contributed by atoms with Gasteiger partial charge in [0.05, 0.1) is 18.4 Å². The highest BCUT2D eigenvalue weighted by molar-refractivity contribution is 5.63. The summed E-state index contributed by atoms with van der Waals surface area (Å²) in [5.41, 5.74) is 2.10. The van der Waals surface area contributed by atoms with E-state index in [-0.39, 0.29) is 24.2 Å². The monoisotopic (exact) mass is 450 g/mol. The van der Waals surface area contributed by atoms with Crippen LogP contribution in [0, 0.1) is 11.6 Å². The number of benzene rings is 1. The number of halogens is 2. The molecular formula is C24H24F2N6O. The topological polar surface area (TPSA) is 72.9 Å². The Balaban J connectivity index is 1.52. The van der Waals surface area contributed by atoms with Crippen molar-refractivity contribution in [3.05, 3.63) is 66.1 Å². The molecule has 0 saturated heterocycles. The molecule has 1 saturated carbocycles. The minimum atomic E-state index is -0.464. The molecule has 1 fully saturated rings. The molecule has 33 heavy (non-hydrogen) atoms. The molecule has 0 spiro atoms. The molecule has 0 aliphatic heterocycles. The Morgan fingerprint density at radius 3 is 2.64 bits per heavy atom. The van der Waals surface area contributed by atoms with Gasteiger partial charge in [-0.1, -0.05) is 42.6 Å². The maximum absolute atomic E-state index is 14.7. The summed E-state index contributed by atoms with van der Waals surface area (Å²) in [4.78, 5) is 10.6. The summed E-state index contributed by atoms with van der Waals surface area (Å²) < 4.78 is 35.6. The second kappa shape index (κ2) is 9.09. The zero-order chi connectivity index (χ0) is 22.8. The predicted octanol–water partition coefficient (Wildman–Crippen LogP) is 5.09. The highest BCUT2D eigenvalue weighted by atomic mass is 19.1. The SMILES string of the molecule is CN(c1nc(-c2cc(-c3ccon3)n(Cc3ccccc3F)n2)ncc1F)C1CCCCC1. The summed E-state index contributed by atoms with van der Waals surface area (Å²) in [6, 6.07) is 10.2. The first kappa shape index (κ1) is 21.2. The Kier molecular flexibility index (Phi) is 5.85. The van der Waals surface area contributed by atoms with Crippen molar-refractivity contribution in [2.45, 2.75) is 44.7 Å². The zero-order valence-corrected chi connectivity index (χ0v) is 18.3. The lowest BCUT2D eigenvalue weighted by Crippen LogP contribution is -2.34. The van der Waals surface area contributed by atoms with E-state index in [0.29, 0.717) is 28.5 Å². The minimum absolute atomic E-state index is 0.185. The molecule has 3 aromatic heterocycles. The van der Waals surface area contributed by atoms with Gasteiger partial charge in [0.15, 0.2) is 17.5 Å². The summed E-state index contributed by atoms with van der Waals surface area (Å²) >= 11 is 0. The van der Waals surface area contributed by atoms with Crippen molar-refractivity contribution in [2.75, 3.05) is 11.9 Å². The fourth-order valence-electron chi connectivity index (χ4n) is 4.36. The van der Waals surface area contributed by atoms with E-state index in [1.165, 1.54) is 24.9 Å². The minimum Gasteiger partial charge on any atom is -0.364 e. The molecule has 0 N–H and O–H groups in total. The van der Waals surface area contributed by atoms with Crippen molar-refractivity contribution in [1.29, 1.82) is 0 Å². The third-order valence-electron chi connectivity index (χ3n) is 6.17. The number of aromatic nitrogens is 5. The molecule has 4 aromatic rings. The molecule has 1 aromatic carbocycles. The van der Waals surface area contributed by atoms with Crippen LogP contribution in [0.5, 0.6) is 0 Å². The third-order valence-corrected chi connectivity index (χ3v) is 6.17. The first-order valence-corrected chi connectivity index (χ1v) is 11.1. The van der Waals surface area contributed by atoms with Crippen LogP contribution in [0.2, 0.25) is 0 Å². The Hall–Kier alpha value is -3.62. The Morgan fingerprint density at radius 2 is 1.88 bits per heavy atom. The molecule has 0 radical (unpaired) electrons. The average molecular weight is 450 g/mol. The van der Waals surface area contributed by atoms with Crippen molar-refractivity contribution in [3.8, 4) is 22.9 Å². The quantitative estimate of drug-likeness (QED) is 0.407. The fourth-order valence-corrected chi connectivity index (χ4v) is 4.36. The van der Waals surface area contributed by atoms with Crippen LogP contribution in [-0.4, -0.2) is 38.0 Å². The van der Waals surface area contributed by atoms with Gasteiger partial charge < -0.3 is 9.42 Å². The lowest BCUT2D eigenvalue weighted by molar-refractivity contribution is 0.421. The van der Waals surface area contributed by atoms with Gasteiger partial charge in [0, 0.05) is 24.7 Å². The third kappa shape index (κ3) is 4.35. The zero-order valence-electron chi connectivity index (χ0n) is 18.3. The van der Waals surface area contributed by atoms with Crippen LogP contribution >= 0.6 is 0 Å². The van der Waals surface area contributed by atoms with Gasteiger partial charge in [0.2, 0.25) is 0 Å². The van der Waals surface area contributed by atoms with Crippen LogP contribution in [0.25, 0.3) is 22.9 Å². The molecule has 5 rings (SSSR count). The van der Waals surface area contributed by atoms with E-state index < -0.39 is 5.82 Å². The first-order chi connectivity index (χ1) is 16.1. The summed E-state index contributed by atoms with van der Waals surface area (Å²) in [7, 11) is 1.88. The lowest BCUT2D eigenvalue weighted by Gasteiger charge is -2.32. The normalized spacial score (nSPS) is 14.5. The molecule has 1 aliphatic carbocycles. The maximum atomic E-state index is 14.7. The fraction of sp³-hybridized carbons (Fsp3) is 0.333. The molecule has 0 bridgehead atoms. The maximum Gasteiger partial charge on any atom is 0.183 e. The number of nitrogens with zero attached hydrogens (tertiary/aromatic N) is 6. The van der Waals surface area contributed by atoms with Gasteiger partial charge in [-0.05, 0) is 25.0 Å². The smallest absolute Gasteiger partial charge is 0.183 e. The van der Waals surface area contributed by atoms with Gasteiger partial charge in [-0.25, -0.2) is 18.7 Å². The largest absolute Gasteiger partial charge is 0.364 e. The van der Waals surface area contributed by atoms with Gasteiger partial charge in [-0.15, -0.1) is 0 Å². The van der Waals surface area contributed by atoms with Crippen LogP contribution < -0.4 is 4.90 Å². The standard InChI is InChI=1S/C24H24F2N6O/c1-31(17-8-3-2-4-9-17)24-19(26)14-27-23(28-24)21-13-22(20-11-12-33-30-20)32(29-21)15-16-7-5-6-10-18(16)25/h5-7,10-14,17H,2-4,8-9,15H2,1H3. The number of hydrogen-bond acceptors (Lipinski definition) is 6. The van der Waals surface area contributed by atoms with Gasteiger partial charge in [-0.2, -0.15) is 5.10 Å². The number of rotatable bonds is 6. The van der Waals surface area contributed by atoms with E-state index in [0.717, 1.165) is 25.7 Å². The van der Waals surface area contributed by atoms with Crippen LogP contribution in [0.4, 0.5) is 14.6 Å². The summed E-state index contributed by atoms with van der Waals surface area (Å²) in [5.74, 6) is -0.228. The van der Waals surface area contributed by atoms with Crippen LogP contribution in [0.15, 0.2) is 53.4 Å². The van der Waals surface area contributed by atoms with Crippen LogP contribution in [-0.2, 0) is 6.54 Å². The lowest BCUT2D eigenvalue weighted by atomic mass is 9.94. The summed E-state index contributed by atoms with van der Waals surface area (Å²) in [5, 5.41) is 8.62. The van der Waals surface area contributed by atoms with Crippen molar-refractivity contribution in [1.82, 2.24) is 24.9 Å². The van der Waals surface area contributed by atoms with Crippen molar-refractivity contribution in [2.24, 2.45) is 0 Å². The van der Waals surface area contributed by atoms with Crippen LogP contribution in [0.3, 0.4) is 0 Å². The average Bonchev–Trinajstić information content (AvgIpc) is 3.51. The van der Waals surface area contributed by atoms with E-state index in [4.69, 9.17) is 4.52 Å². The van der Waals surface area contributed by atoms with E-state index in [2.05, 4.69) is 20.2 Å². The van der Waals surface area contributed by atoms with Crippen molar-refractivity contribution >= 4 is 5.82 Å². The molecular weight excluding hydrogens is 426 g/mol. The summed E-state index contributed by atoms with van der Waals surface area (Å²) in [6.45, 7) is 0.185. The van der Waals surface area contributed by atoms with E-state index in [9.17, 15) is 8.78 Å². The molecule has 170 valence electrons. The van der Waals surface area contributed by atoms with E-state index in [1.54, 1.807) is 35.0 Å². The number of anilines is 1. The molecule has 9 heteroatoms. The first-order valence-electron chi connectivity index (χ1n) is 11.1. The van der Waals surface area contributed by atoms with Gasteiger partial charge in [0.25, 0.3) is 0 Å². The van der Waals surface area contributed by atoms with Crippen LogP contribution in [0.1, 0.15) is 37.7 Å². The molecule has 7 nitrogen and oxygen atoms in total. The summed E-state index contributed by atoms with van der Waals surface area (Å²) in [6.07, 6.45) is 8.16. The molecule has 3 heterocycles. The van der Waals surface area contributed by atoms with Gasteiger partial charge in [-0.3, -0.25) is 4.68 Å². The van der Waals surface area contributed by atoms with Gasteiger partial charge >= 0.3 is 0 Å². The van der Waals surface area contributed by atoms with Gasteiger partial charge in [0.1, 0.15) is 23.5 Å². The second-order valence-corrected chi connectivity index (χ2v) is 8.32. The van der Waals surface area contributed by atoms with Crippen molar-refractivity contribution in [3.63, 3.8) is 0 Å². The van der Waals surface area contributed by atoms with Crippen molar-refractivity contribution < 1.29 is 13.3 Å². The molecule has 0 atom stereocenters. The highest BCUT2D eigenvalue weighted by Crippen LogP contribution is 2.29. The Morgan fingerprint density at radius 1 is 1.06 bits per heavy atom.